The molecule has 0 aliphatic carbocycles. The summed E-state index contributed by atoms with van der Waals surface area (Å²) in [5.74, 6) is -0.118. The molecule has 1 aromatic carbocycles. The van der Waals surface area contributed by atoms with Crippen molar-refractivity contribution < 1.29 is 4.79 Å². The predicted octanol–water partition coefficient (Wildman–Crippen LogP) is 3.45. The zero-order valence-corrected chi connectivity index (χ0v) is 11.4. The summed E-state index contributed by atoms with van der Waals surface area (Å²) < 4.78 is 0. The number of carbonyl (C=O) groups excluding carboxylic acids is 1. The minimum atomic E-state index is -0.352. The lowest BCUT2D eigenvalue weighted by atomic mass is 10.00. The molecule has 94 valence electrons. The van der Waals surface area contributed by atoms with Gasteiger partial charge in [0.25, 0.3) is 0 Å². The lowest BCUT2D eigenvalue weighted by Gasteiger charge is -2.17. The Morgan fingerprint density at radius 3 is 2.65 bits per heavy atom. The van der Waals surface area contributed by atoms with Crippen molar-refractivity contribution in [3.05, 3.63) is 28.2 Å². The van der Waals surface area contributed by atoms with Crippen LogP contribution >= 0.6 is 23.2 Å². The third-order valence-corrected chi connectivity index (χ3v) is 2.76. The average molecular weight is 275 g/mol. The molecule has 1 amide bonds. The molecule has 0 saturated carbocycles. The van der Waals surface area contributed by atoms with E-state index in [4.69, 9.17) is 28.9 Å². The number of halogens is 2. The third-order valence-electron chi connectivity index (χ3n) is 2.20. The highest BCUT2D eigenvalue weighted by Gasteiger charge is 2.14. The maximum Gasteiger partial charge on any atom is 0.224 e. The molecule has 0 aliphatic rings. The van der Waals surface area contributed by atoms with Crippen molar-refractivity contribution in [3.8, 4) is 0 Å². The second-order valence-corrected chi connectivity index (χ2v) is 5.50. The van der Waals surface area contributed by atoms with E-state index < -0.39 is 0 Å². The Bertz CT molecular complexity index is 413. The van der Waals surface area contributed by atoms with Crippen molar-refractivity contribution in [1.29, 1.82) is 0 Å². The van der Waals surface area contributed by atoms with Gasteiger partial charge in [0.2, 0.25) is 5.91 Å². The van der Waals surface area contributed by atoms with Crippen LogP contribution in [0.15, 0.2) is 18.2 Å². The second-order valence-electron chi connectivity index (χ2n) is 4.66. The van der Waals surface area contributed by atoms with Crippen LogP contribution in [0.5, 0.6) is 0 Å². The first-order chi connectivity index (χ1) is 7.78. The van der Waals surface area contributed by atoms with Gasteiger partial charge in [0.1, 0.15) is 0 Å². The van der Waals surface area contributed by atoms with Crippen LogP contribution in [-0.2, 0) is 4.79 Å². The van der Waals surface area contributed by atoms with Crippen LogP contribution in [0.4, 0.5) is 5.69 Å². The van der Waals surface area contributed by atoms with E-state index in [-0.39, 0.29) is 11.4 Å². The summed E-state index contributed by atoms with van der Waals surface area (Å²) in [6.45, 7) is 3.76. The summed E-state index contributed by atoms with van der Waals surface area (Å²) in [7, 11) is 0. The summed E-state index contributed by atoms with van der Waals surface area (Å²) in [6.07, 6.45) is 0.962. The smallest absolute Gasteiger partial charge is 0.224 e. The quantitative estimate of drug-likeness (QED) is 0.884. The molecule has 0 aromatic heterocycles. The number of rotatable bonds is 4. The summed E-state index contributed by atoms with van der Waals surface area (Å²) in [5, 5.41) is 3.71. The van der Waals surface area contributed by atoms with E-state index in [1.54, 1.807) is 18.2 Å². The minimum Gasteiger partial charge on any atom is -0.326 e. The molecular weight excluding hydrogens is 259 g/mol. The molecule has 3 nitrogen and oxygen atoms in total. The molecule has 1 rings (SSSR count). The lowest BCUT2D eigenvalue weighted by Crippen LogP contribution is -2.33. The van der Waals surface area contributed by atoms with Gasteiger partial charge in [-0.25, -0.2) is 0 Å². The van der Waals surface area contributed by atoms with E-state index in [1.807, 2.05) is 13.8 Å². The maximum absolute atomic E-state index is 11.7. The monoisotopic (exact) mass is 274 g/mol. The molecular formula is C12H16Cl2N2O. The van der Waals surface area contributed by atoms with Crippen LogP contribution in [0.1, 0.15) is 26.7 Å². The Kier molecular flexibility index (Phi) is 4.80. The van der Waals surface area contributed by atoms with E-state index in [2.05, 4.69) is 5.32 Å². The fraction of sp³-hybridized carbons (Fsp3) is 0.417. The molecule has 0 spiro atoms. The predicted molar refractivity (Wildman–Crippen MR) is 72.6 cm³/mol. The fourth-order valence-corrected chi connectivity index (χ4v) is 1.58. The van der Waals surface area contributed by atoms with Gasteiger partial charge in [0, 0.05) is 17.0 Å². The number of nitrogens with two attached hydrogens (primary N) is 1. The minimum absolute atomic E-state index is 0.118. The molecule has 0 radical (unpaired) electrons. The molecule has 0 heterocycles. The van der Waals surface area contributed by atoms with Crippen LogP contribution in [0.2, 0.25) is 10.0 Å². The van der Waals surface area contributed by atoms with Crippen LogP contribution in [0.3, 0.4) is 0 Å². The van der Waals surface area contributed by atoms with Crippen molar-refractivity contribution in [2.75, 3.05) is 5.32 Å². The van der Waals surface area contributed by atoms with Crippen molar-refractivity contribution in [2.24, 2.45) is 5.73 Å². The van der Waals surface area contributed by atoms with E-state index in [0.29, 0.717) is 28.6 Å². The third kappa shape index (κ3) is 5.39. The highest BCUT2D eigenvalue weighted by molar-refractivity contribution is 6.35. The van der Waals surface area contributed by atoms with Crippen molar-refractivity contribution in [3.63, 3.8) is 0 Å². The molecule has 0 saturated heterocycles. The molecule has 0 fully saturated rings. The van der Waals surface area contributed by atoms with Gasteiger partial charge >= 0.3 is 0 Å². The van der Waals surface area contributed by atoms with E-state index in [9.17, 15) is 4.79 Å². The molecule has 0 atom stereocenters. The van der Waals surface area contributed by atoms with Gasteiger partial charge in [-0.2, -0.15) is 0 Å². The molecule has 0 unspecified atom stereocenters. The molecule has 0 bridgehead atoms. The standard InChI is InChI=1S/C12H16Cl2N2O/c1-12(2,15)6-5-11(17)16-10-7-8(13)3-4-9(10)14/h3-4,7H,5-6,15H2,1-2H3,(H,16,17). The zero-order chi connectivity index (χ0) is 13.1. The first kappa shape index (κ1) is 14.3. The van der Waals surface area contributed by atoms with Gasteiger partial charge in [-0.3, -0.25) is 4.79 Å². The summed E-state index contributed by atoms with van der Waals surface area (Å²) in [6, 6.07) is 4.93. The number of anilines is 1. The van der Waals surface area contributed by atoms with E-state index in [1.165, 1.54) is 0 Å². The number of benzene rings is 1. The molecule has 5 heteroatoms. The normalized spacial score (nSPS) is 11.4. The van der Waals surface area contributed by atoms with Crippen LogP contribution in [-0.4, -0.2) is 11.4 Å². The van der Waals surface area contributed by atoms with Crippen molar-refractivity contribution in [2.45, 2.75) is 32.2 Å². The molecule has 3 N–H and O–H groups in total. The highest BCUT2D eigenvalue weighted by atomic mass is 35.5. The Balaban J connectivity index is 2.59. The van der Waals surface area contributed by atoms with Crippen LogP contribution in [0.25, 0.3) is 0 Å². The van der Waals surface area contributed by atoms with Gasteiger partial charge < -0.3 is 11.1 Å². The Labute approximate surface area is 111 Å². The Morgan fingerprint density at radius 2 is 2.06 bits per heavy atom. The summed E-state index contributed by atoms with van der Waals surface area (Å²) in [4.78, 5) is 11.7. The van der Waals surface area contributed by atoms with Gasteiger partial charge in [0.15, 0.2) is 0 Å². The number of hydrogen-bond donors (Lipinski definition) is 2. The summed E-state index contributed by atoms with van der Waals surface area (Å²) in [5.41, 5.74) is 5.98. The van der Waals surface area contributed by atoms with Gasteiger partial charge in [-0.05, 0) is 38.5 Å². The maximum atomic E-state index is 11.7. The lowest BCUT2D eigenvalue weighted by molar-refractivity contribution is -0.116. The van der Waals surface area contributed by atoms with E-state index in [0.717, 1.165) is 0 Å². The largest absolute Gasteiger partial charge is 0.326 e. The number of hydrogen-bond acceptors (Lipinski definition) is 2. The van der Waals surface area contributed by atoms with Crippen molar-refractivity contribution in [1.82, 2.24) is 0 Å². The average Bonchev–Trinajstić information content (AvgIpc) is 2.20. The summed E-state index contributed by atoms with van der Waals surface area (Å²) >= 11 is 11.8. The number of nitrogens with one attached hydrogen (secondary N) is 1. The first-order valence-electron chi connectivity index (χ1n) is 5.32. The Hall–Kier alpha value is -0.770. The van der Waals surface area contributed by atoms with Crippen LogP contribution < -0.4 is 11.1 Å². The van der Waals surface area contributed by atoms with Crippen LogP contribution in [0, 0.1) is 0 Å². The van der Waals surface area contributed by atoms with Crippen molar-refractivity contribution >= 4 is 34.8 Å². The molecule has 1 aromatic rings. The zero-order valence-electron chi connectivity index (χ0n) is 9.89. The SMILES string of the molecule is CC(C)(N)CCC(=O)Nc1cc(Cl)ccc1Cl. The first-order valence-corrected chi connectivity index (χ1v) is 6.07. The topological polar surface area (TPSA) is 55.1 Å². The van der Waals surface area contributed by atoms with Gasteiger partial charge in [0.05, 0.1) is 10.7 Å². The van der Waals surface area contributed by atoms with Gasteiger partial charge in [-0.1, -0.05) is 23.2 Å². The second kappa shape index (κ2) is 5.71. The van der Waals surface area contributed by atoms with Gasteiger partial charge in [-0.15, -0.1) is 0 Å². The number of amides is 1. The highest BCUT2D eigenvalue weighted by Crippen LogP contribution is 2.25. The molecule has 0 aliphatic heterocycles. The number of carbonyl (C=O) groups is 1. The van der Waals surface area contributed by atoms with E-state index >= 15 is 0 Å². The Morgan fingerprint density at radius 1 is 1.41 bits per heavy atom. The fourth-order valence-electron chi connectivity index (χ4n) is 1.24. The molecule has 17 heavy (non-hydrogen) atoms.